The Morgan fingerprint density at radius 1 is 1.08 bits per heavy atom. The number of urea groups is 1. The molecule has 38 heavy (non-hydrogen) atoms. The van der Waals surface area contributed by atoms with E-state index < -0.39 is 11.2 Å². The second-order valence-electron chi connectivity index (χ2n) is 10.5. The van der Waals surface area contributed by atoms with Crippen LogP contribution in [-0.4, -0.2) is 100 Å². The Morgan fingerprint density at radius 3 is 2.34 bits per heavy atom. The van der Waals surface area contributed by atoms with Crippen molar-refractivity contribution in [2.24, 2.45) is 11.5 Å². The lowest BCUT2D eigenvalue weighted by molar-refractivity contribution is -0.137. The van der Waals surface area contributed by atoms with Crippen LogP contribution >= 0.6 is 0 Å². The van der Waals surface area contributed by atoms with Gasteiger partial charge in [-0.25, -0.2) is 9.59 Å². The number of piperidine rings is 1. The van der Waals surface area contributed by atoms with Gasteiger partial charge in [0.15, 0.2) is 0 Å². The number of carbonyl (C=O) groups excluding carboxylic acids is 2. The fraction of sp³-hybridized carbons (Fsp3) is 0.538. The van der Waals surface area contributed by atoms with E-state index in [0.717, 1.165) is 31.6 Å². The van der Waals surface area contributed by atoms with Crippen LogP contribution in [0.15, 0.2) is 41.3 Å². The average molecular weight is 527 g/mol. The number of benzene rings is 1. The lowest BCUT2D eigenvalue weighted by atomic mass is 10.0. The predicted octanol–water partition coefficient (Wildman–Crippen LogP) is 0.194. The summed E-state index contributed by atoms with van der Waals surface area (Å²) in [4.78, 5) is 47.3. The highest BCUT2D eigenvalue weighted by Gasteiger charge is 2.31. The highest BCUT2D eigenvalue weighted by molar-refractivity contribution is 5.89. The molecule has 0 bridgehead atoms. The number of hydrogen-bond acceptors (Lipinski definition) is 8. The number of aromatic nitrogens is 2. The van der Waals surface area contributed by atoms with Gasteiger partial charge in [0.25, 0.3) is 0 Å². The van der Waals surface area contributed by atoms with E-state index in [1.807, 2.05) is 24.3 Å². The summed E-state index contributed by atoms with van der Waals surface area (Å²) in [5.41, 5.74) is 12.4. The number of hydrogen-bond donors (Lipinski definition) is 3. The van der Waals surface area contributed by atoms with E-state index in [4.69, 9.17) is 16.2 Å². The number of rotatable bonds is 6. The molecule has 2 aliphatic heterocycles. The Kier molecular flexibility index (Phi) is 8.46. The van der Waals surface area contributed by atoms with Crippen LogP contribution in [0.2, 0.25) is 0 Å². The molecule has 1 aromatic heterocycles. The number of likely N-dealkylation sites (tertiary alicyclic amines) is 1. The van der Waals surface area contributed by atoms with Crippen molar-refractivity contribution in [1.82, 2.24) is 24.3 Å². The normalized spacial score (nSPS) is 20.9. The Labute approximate surface area is 222 Å². The summed E-state index contributed by atoms with van der Waals surface area (Å²) < 4.78 is 6.92. The smallest absolute Gasteiger partial charge is 0.354 e. The Balaban J connectivity index is 1.32. The van der Waals surface area contributed by atoms with E-state index in [9.17, 15) is 14.4 Å². The third-order valence-corrected chi connectivity index (χ3v) is 7.06. The molecule has 0 saturated carbocycles. The monoisotopic (exact) mass is 526 g/mol. The zero-order valence-corrected chi connectivity index (χ0v) is 22.3. The lowest BCUT2D eigenvalue weighted by Crippen LogP contribution is -2.58. The number of nitrogens with one attached hydrogen (secondary N) is 1. The first-order valence-electron chi connectivity index (χ1n) is 12.9. The zero-order chi connectivity index (χ0) is 27.4. The first-order chi connectivity index (χ1) is 18.0. The summed E-state index contributed by atoms with van der Waals surface area (Å²) in [6.45, 7) is 7.35. The number of nitrogens with two attached hydrogens (primary N) is 2. The molecule has 12 nitrogen and oxygen atoms in total. The molecule has 5 N–H and O–H groups in total. The van der Waals surface area contributed by atoms with Gasteiger partial charge < -0.3 is 26.0 Å². The summed E-state index contributed by atoms with van der Waals surface area (Å²) in [5, 5.41) is 2.68. The summed E-state index contributed by atoms with van der Waals surface area (Å²) >= 11 is 0. The van der Waals surface area contributed by atoms with E-state index in [-0.39, 0.29) is 29.9 Å². The molecule has 1 aromatic carbocycles. The molecular formula is C26H38N8O4. The molecule has 2 fully saturated rings. The van der Waals surface area contributed by atoms with Crippen molar-refractivity contribution in [3.63, 3.8) is 0 Å². The summed E-state index contributed by atoms with van der Waals surface area (Å²) in [7, 11) is 1.69. The maximum atomic E-state index is 12.7. The molecule has 3 heterocycles. The molecule has 2 atom stereocenters. The van der Waals surface area contributed by atoms with Crippen LogP contribution in [-0.2, 0) is 16.1 Å². The largest absolute Gasteiger partial charge is 0.379 e. The molecule has 2 aliphatic rings. The molecule has 12 heteroatoms. The maximum Gasteiger partial charge on any atom is 0.354 e. The van der Waals surface area contributed by atoms with Gasteiger partial charge in [0.05, 0.1) is 17.3 Å². The van der Waals surface area contributed by atoms with Crippen LogP contribution in [0.4, 0.5) is 10.6 Å². The van der Waals surface area contributed by atoms with Crippen molar-refractivity contribution in [2.75, 3.05) is 51.7 Å². The number of carbonyl (C=O) groups is 2. The van der Waals surface area contributed by atoms with Crippen LogP contribution in [0.25, 0.3) is 5.69 Å². The molecule has 3 amide bonds. The van der Waals surface area contributed by atoms with Crippen molar-refractivity contribution in [1.29, 1.82) is 0 Å². The SMILES string of the molecule is CO[C@H]1CN(Cc2ccc(-n3ccc(NC(=O)N4CCN(C(=O)C(C)(C)N)CC4)nc3=O)cc2)CC[C@H]1N. The number of piperazine rings is 1. The van der Waals surface area contributed by atoms with Crippen molar-refractivity contribution >= 4 is 17.8 Å². The number of amides is 3. The highest BCUT2D eigenvalue weighted by atomic mass is 16.5. The quantitative estimate of drug-likeness (QED) is 0.483. The van der Waals surface area contributed by atoms with Crippen molar-refractivity contribution < 1.29 is 14.3 Å². The van der Waals surface area contributed by atoms with Gasteiger partial charge in [-0.1, -0.05) is 12.1 Å². The van der Waals surface area contributed by atoms with E-state index in [0.29, 0.717) is 31.9 Å². The van der Waals surface area contributed by atoms with Gasteiger partial charge in [-0.05, 0) is 44.0 Å². The first kappa shape index (κ1) is 27.7. The number of methoxy groups -OCH3 is 1. The van der Waals surface area contributed by atoms with Crippen LogP contribution in [0.5, 0.6) is 0 Å². The fourth-order valence-corrected chi connectivity index (χ4v) is 4.79. The van der Waals surface area contributed by atoms with Crippen molar-refractivity contribution in [3.8, 4) is 5.69 Å². The minimum Gasteiger partial charge on any atom is -0.379 e. The lowest BCUT2D eigenvalue weighted by Gasteiger charge is -2.37. The second-order valence-corrected chi connectivity index (χ2v) is 10.5. The third kappa shape index (κ3) is 6.57. The maximum absolute atomic E-state index is 12.7. The van der Waals surface area contributed by atoms with E-state index >= 15 is 0 Å². The van der Waals surface area contributed by atoms with Gasteiger partial charge >= 0.3 is 11.7 Å². The van der Waals surface area contributed by atoms with Gasteiger partial charge in [-0.3, -0.25) is 19.6 Å². The van der Waals surface area contributed by atoms with E-state index in [2.05, 4.69) is 15.2 Å². The summed E-state index contributed by atoms with van der Waals surface area (Å²) in [6, 6.07) is 9.02. The van der Waals surface area contributed by atoms with Gasteiger partial charge in [0.2, 0.25) is 5.91 Å². The molecule has 0 radical (unpaired) electrons. The summed E-state index contributed by atoms with van der Waals surface area (Å²) in [5.74, 6) is 0.0253. The Morgan fingerprint density at radius 2 is 1.74 bits per heavy atom. The average Bonchev–Trinajstić information content (AvgIpc) is 2.89. The van der Waals surface area contributed by atoms with Gasteiger partial charge in [0.1, 0.15) is 5.82 Å². The number of anilines is 1. The molecule has 206 valence electrons. The first-order valence-corrected chi connectivity index (χ1v) is 12.9. The van der Waals surface area contributed by atoms with E-state index in [1.54, 1.807) is 43.0 Å². The van der Waals surface area contributed by atoms with Gasteiger partial charge in [-0.2, -0.15) is 4.98 Å². The number of ether oxygens (including phenoxy) is 1. The van der Waals surface area contributed by atoms with Gasteiger partial charge in [0, 0.05) is 65.2 Å². The topological polar surface area (TPSA) is 152 Å². The minimum atomic E-state index is -0.950. The highest BCUT2D eigenvalue weighted by Crippen LogP contribution is 2.17. The van der Waals surface area contributed by atoms with Crippen LogP contribution < -0.4 is 22.5 Å². The third-order valence-electron chi connectivity index (χ3n) is 7.06. The molecule has 2 aromatic rings. The molecule has 0 spiro atoms. The molecular weight excluding hydrogens is 488 g/mol. The second kappa shape index (κ2) is 11.6. The summed E-state index contributed by atoms with van der Waals surface area (Å²) in [6.07, 6.45) is 2.52. The number of nitrogens with zero attached hydrogens (tertiary/aromatic N) is 5. The molecule has 0 aliphatic carbocycles. The zero-order valence-electron chi connectivity index (χ0n) is 22.3. The fourth-order valence-electron chi connectivity index (χ4n) is 4.79. The molecule has 2 saturated heterocycles. The Hall–Kier alpha value is -3.32. The van der Waals surface area contributed by atoms with Gasteiger partial charge in [-0.15, -0.1) is 0 Å². The van der Waals surface area contributed by atoms with Crippen LogP contribution in [0.3, 0.4) is 0 Å². The molecule has 4 rings (SSSR count). The Bertz CT molecular complexity index is 1180. The van der Waals surface area contributed by atoms with Crippen LogP contribution in [0.1, 0.15) is 25.8 Å². The predicted molar refractivity (Wildman–Crippen MR) is 144 cm³/mol. The minimum absolute atomic E-state index is 0.0315. The molecule has 0 unspecified atom stereocenters. The van der Waals surface area contributed by atoms with Crippen molar-refractivity contribution in [3.05, 3.63) is 52.6 Å². The standard InChI is InChI=1S/C26H38N8O4/c1-26(2,28)23(35)32-12-14-33(15-13-32)24(36)29-22-9-11-34(25(37)30-22)19-6-4-18(5-7-19)16-31-10-8-20(27)21(17-31)38-3/h4-7,9,11,20-21H,8,10,12-17,27-28H2,1-3H3,(H,29,30,36,37)/t20-,21+/m1/s1. The van der Waals surface area contributed by atoms with E-state index in [1.165, 1.54) is 4.57 Å². The van der Waals surface area contributed by atoms with Crippen molar-refractivity contribution in [2.45, 2.75) is 44.5 Å². The van der Waals surface area contributed by atoms with Crippen LogP contribution in [0, 0.1) is 0 Å².